The van der Waals surface area contributed by atoms with Gasteiger partial charge in [0.1, 0.15) is 5.69 Å². The van der Waals surface area contributed by atoms with Gasteiger partial charge >= 0.3 is 0 Å². The van der Waals surface area contributed by atoms with Crippen LogP contribution in [0.15, 0.2) is 65.5 Å². The highest BCUT2D eigenvalue weighted by molar-refractivity contribution is 6.31. The van der Waals surface area contributed by atoms with Gasteiger partial charge in [0.05, 0.1) is 12.2 Å². The Balaban J connectivity index is 1.79. The average Bonchev–Trinajstić information content (AvgIpc) is 2.74. The number of benzene rings is 2. The highest BCUT2D eigenvalue weighted by Gasteiger charge is 2.21. The van der Waals surface area contributed by atoms with Crippen molar-refractivity contribution in [2.75, 3.05) is 0 Å². The Morgan fingerprint density at radius 2 is 1.57 bits per heavy atom. The molecule has 144 valence electrons. The molecule has 4 heteroatoms. The Hall–Kier alpha value is -2.39. The van der Waals surface area contributed by atoms with Gasteiger partial charge in [0, 0.05) is 5.56 Å². The van der Waals surface area contributed by atoms with Crippen molar-refractivity contribution in [2.45, 2.75) is 45.1 Å². The molecule has 0 spiro atoms. The van der Waals surface area contributed by atoms with E-state index in [1.165, 1.54) is 32.1 Å². The lowest BCUT2D eigenvalue weighted by atomic mass is 9.86. The van der Waals surface area contributed by atoms with Gasteiger partial charge in [-0.2, -0.15) is 0 Å². The standard InChI is InChI=1S/C24H25ClN2O/c25-23-22(20-14-8-3-9-15-20)27(17-19-12-6-2-7-13-19)24(28)21(26-23)16-18-10-4-1-5-11-18/h2-3,6-9,12-15,18H,1,4-5,10-11,16-17H2. The zero-order chi connectivity index (χ0) is 19.3. The van der Waals surface area contributed by atoms with Crippen LogP contribution in [0.5, 0.6) is 0 Å². The minimum absolute atomic E-state index is 0.0160. The van der Waals surface area contributed by atoms with Crippen molar-refractivity contribution < 1.29 is 0 Å². The van der Waals surface area contributed by atoms with Crippen molar-refractivity contribution in [3.63, 3.8) is 0 Å². The quantitative estimate of drug-likeness (QED) is 0.555. The molecule has 0 radical (unpaired) electrons. The van der Waals surface area contributed by atoms with Crippen LogP contribution in [0.4, 0.5) is 0 Å². The Bertz CT molecular complexity index is 977. The van der Waals surface area contributed by atoms with Gasteiger partial charge < -0.3 is 0 Å². The Kier molecular flexibility index (Phi) is 5.92. The third kappa shape index (κ3) is 4.20. The maximum absolute atomic E-state index is 13.4. The second-order valence-electron chi connectivity index (χ2n) is 7.65. The summed E-state index contributed by atoms with van der Waals surface area (Å²) in [6, 6.07) is 19.9. The van der Waals surface area contributed by atoms with Crippen molar-refractivity contribution in [3.8, 4) is 11.3 Å². The third-order valence-corrected chi connectivity index (χ3v) is 5.89. The molecule has 1 aliphatic carbocycles. The lowest BCUT2D eigenvalue weighted by Gasteiger charge is -2.22. The van der Waals surface area contributed by atoms with Crippen molar-refractivity contribution >= 4 is 11.6 Å². The first-order valence-electron chi connectivity index (χ1n) is 10.1. The molecule has 28 heavy (non-hydrogen) atoms. The highest BCUT2D eigenvalue weighted by atomic mass is 35.5. The summed E-state index contributed by atoms with van der Waals surface area (Å²) >= 11 is 6.65. The fourth-order valence-corrected chi connectivity index (χ4v) is 4.49. The van der Waals surface area contributed by atoms with Crippen molar-refractivity contribution in [1.82, 2.24) is 9.55 Å². The van der Waals surface area contributed by atoms with Crippen LogP contribution in [0, 0.1) is 5.92 Å². The summed E-state index contributed by atoms with van der Waals surface area (Å²) in [4.78, 5) is 18.0. The minimum atomic E-state index is -0.0160. The van der Waals surface area contributed by atoms with E-state index in [9.17, 15) is 4.79 Å². The van der Waals surface area contributed by atoms with E-state index in [0.29, 0.717) is 29.0 Å². The van der Waals surface area contributed by atoms with E-state index in [-0.39, 0.29) is 5.56 Å². The summed E-state index contributed by atoms with van der Waals surface area (Å²) in [7, 11) is 0. The number of hydrogen-bond acceptors (Lipinski definition) is 2. The fraction of sp³-hybridized carbons (Fsp3) is 0.333. The molecule has 4 rings (SSSR count). The smallest absolute Gasteiger partial charge is 0.273 e. The summed E-state index contributed by atoms with van der Waals surface area (Å²) < 4.78 is 1.80. The maximum atomic E-state index is 13.4. The molecule has 0 aliphatic heterocycles. The van der Waals surface area contributed by atoms with Crippen molar-refractivity contribution in [1.29, 1.82) is 0 Å². The van der Waals surface area contributed by atoms with Gasteiger partial charge in [-0.15, -0.1) is 0 Å². The SMILES string of the molecule is O=c1c(CC2CCCCC2)nc(Cl)c(-c2ccccc2)n1Cc1ccccc1. The first-order valence-corrected chi connectivity index (χ1v) is 10.5. The molecule has 1 saturated carbocycles. The van der Waals surface area contributed by atoms with Crippen LogP contribution < -0.4 is 5.56 Å². The molecule has 0 atom stereocenters. The normalized spacial score (nSPS) is 14.9. The molecular formula is C24H25ClN2O. The average molecular weight is 393 g/mol. The zero-order valence-corrected chi connectivity index (χ0v) is 16.7. The van der Waals surface area contributed by atoms with Crippen LogP contribution in [0.25, 0.3) is 11.3 Å². The van der Waals surface area contributed by atoms with Gasteiger partial charge in [-0.3, -0.25) is 9.36 Å². The van der Waals surface area contributed by atoms with Crippen LogP contribution in [0.1, 0.15) is 43.4 Å². The second kappa shape index (κ2) is 8.74. The summed E-state index contributed by atoms with van der Waals surface area (Å²) in [5.74, 6) is 0.540. The monoisotopic (exact) mass is 392 g/mol. The van der Waals surface area contributed by atoms with Crippen molar-refractivity contribution in [2.24, 2.45) is 5.92 Å². The summed E-state index contributed by atoms with van der Waals surface area (Å²) in [5.41, 5.74) is 3.28. The van der Waals surface area contributed by atoms with Gasteiger partial charge in [0.2, 0.25) is 0 Å². The number of nitrogens with zero attached hydrogens (tertiary/aromatic N) is 2. The van der Waals surface area contributed by atoms with E-state index < -0.39 is 0 Å². The molecule has 0 unspecified atom stereocenters. The molecule has 2 aromatic carbocycles. The van der Waals surface area contributed by atoms with E-state index >= 15 is 0 Å². The van der Waals surface area contributed by atoms with Crippen LogP contribution in [0.3, 0.4) is 0 Å². The molecule has 3 nitrogen and oxygen atoms in total. The Labute approximate surface area is 171 Å². The largest absolute Gasteiger partial charge is 0.299 e. The fourth-order valence-electron chi connectivity index (χ4n) is 4.17. The lowest BCUT2D eigenvalue weighted by molar-refractivity contribution is 0.352. The topological polar surface area (TPSA) is 34.9 Å². The van der Waals surface area contributed by atoms with Crippen LogP contribution in [0.2, 0.25) is 5.15 Å². The van der Waals surface area contributed by atoms with Crippen molar-refractivity contribution in [3.05, 3.63) is 87.4 Å². The first kappa shape index (κ1) is 18.9. The molecule has 1 fully saturated rings. The number of hydrogen-bond donors (Lipinski definition) is 0. The van der Waals surface area contributed by atoms with E-state index in [0.717, 1.165) is 17.5 Å². The molecule has 0 N–H and O–H groups in total. The van der Waals surface area contributed by atoms with Crippen LogP contribution >= 0.6 is 11.6 Å². The molecule has 0 saturated heterocycles. The van der Waals surface area contributed by atoms with Gasteiger partial charge in [0.25, 0.3) is 5.56 Å². The zero-order valence-electron chi connectivity index (χ0n) is 16.0. The Morgan fingerprint density at radius 1 is 0.929 bits per heavy atom. The summed E-state index contributed by atoms with van der Waals surface area (Å²) in [6.07, 6.45) is 6.88. The van der Waals surface area contributed by atoms with Gasteiger partial charge in [-0.05, 0) is 17.9 Å². The predicted octanol–water partition coefficient (Wildman–Crippen LogP) is 5.73. The molecule has 1 heterocycles. The van der Waals surface area contributed by atoms with Gasteiger partial charge in [-0.25, -0.2) is 4.98 Å². The Morgan fingerprint density at radius 3 is 2.25 bits per heavy atom. The highest BCUT2D eigenvalue weighted by Crippen LogP contribution is 2.29. The first-order chi connectivity index (χ1) is 13.7. The van der Waals surface area contributed by atoms with E-state index in [1.54, 1.807) is 4.57 Å². The number of rotatable bonds is 5. The summed E-state index contributed by atoms with van der Waals surface area (Å²) in [6.45, 7) is 0.490. The molecule has 0 amide bonds. The number of aromatic nitrogens is 2. The summed E-state index contributed by atoms with van der Waals surface area (Å²) in [5, 5.41) is 0.410. The predicted molar refractivity (Wildman–Crippen MR) is 115 cm³/mol. The maximum Gasteiger partial charge on any atom is 0.273 e. The molecule has 0 bridgehead atoms. The molecule has 3 aromatic rings. The molecular weight excluding hydrogens is 368 g/mol. The van der Waals surface area contributed by atoms with E-state index in [2.05, 4.69) is 4.98 Å². The lowest BCUT2D eigenvalue weighted by Crippen LogP contribution is -2.29. The van der Waals surface area contributed by atoms with E-state index in [4.69, 9.17) is 11.6 Å². The minimum Gasteiger partial charge on any atom is -0.299 e. The van der Waals surface area contributed by atoms with Gasteiger partial charge in [-0.1, -0.05) is 104 Å². The van der Waals surface area contributed by atoms with Crippen LogP contribution in [-0.2, 0) is 13.0 Å². The van der Waals surface area contributed by atoms with Crippen LogP contribution in [-0.4, -0.2) is 9.55 Å². The molecule has 1 aromatic heterocycles. The third-order valence-electron chi connectivity index (χ3n) is 5.63. The van der Waals surface area contributed by atoms with Gasteiger partial charge in [0.15, 0.2) is 5.15 Å². The number of halogens is 1. The van der Waals surface area contributed by atoms with E-state index in [1.807, 2.05) is 60.7 Å². The second-order valence-corrected chi connectivity index (χ2v) is 8.01. The molecule has 1 aliphatic rings.